The molecule has 3 atom stereocenters. The maximum atomic E-state index is 15.2. The van der Waals surface area contributed by atoms with E-state index in [0.29, 0.717) is 11.3 Å². The van der Waals surface area contributed by atoms with Gasteiger partial charge in [-0.05, 0) is 48.1 Å². The van der Waals surface area contributed by atoms with Gasteiger partial charge in [-0.1, -0.05) is 32.9 Å². The molecule has 2 bridgehead atoms. The van der Waals surface area contributed by atoms with E-state index in [9.17, 15) is 14.4 Å². The molecule has 2 saturated heterocycles. The summed E-state index contributed by atoms with van der Waals surface area (Å²) in [6.07, 6.45) is 2.63. The number of rotatable bonds is 0. The van der Waals surface area contributed by atoms with Crippen LogP contribution in [-0.2, 0) is 16.0 Å². The smallest absolute Gasteiger partial charge is 0.332 e. The van der Waals surface area contributed by atoms with E-state index in [1.54, 1.807) is 6.07 Å². The molecule has 0 N–H and O–H groups in total. The molecule has 4 aliphatic rings. The quantitative estimate of drug-likeness (QED) is 0.613. The number of nitrogens with zero attached hydrogens (tertiary/aromatic N) is 3. The van der Waals surface area contributed by atoms with Crippen LogP contribution >= 0.6 is 0 Å². The van der Waals surface area contributed by atoms with Gasteiger partial charge in [-0.2, -0.15) is 0 Å². The lowest BCUT2D eigenvalue weighted by atomic mass is 9.56. The zero-order valence-corrected chi connectivity index (χ0v) is 18.2. The van der Waals surface area contributed by atoms with E-state index in [1.165, 1.54) is 20.2 Å². The number of anilines is 1. The van der Waals surface area contributed by atoms with Crippen LogP contribution in [0.4, 0.5) is 14.9 Å². The van der Waals surface area contributed by atoms with Crippen LogP contribution < -0.4 is 4.90 Å². The van der Waals surface area contributed by atoms with Gasteiger partial charge in [0.05, 0.1) is 11.7 Å². The Labute approximate surface area is 176 Å². The van der Waals surface area contributed by atoms with Crippen molar-refractivity contribution in [2.75, 3.05) is 19.0 Å². The van der Waals surface area contributed by atoms with Crippen molar-refractivity contribution in [3.8, 4) is 0 Å². The van der Waals surface area contributed by atoms with E-state index in [0.717, 1.165) is 29.1 Å². The third kappa shape index (κ3) is 2.16. The van der Waals surface area contributed by atoms with Crippen molar-refractivity contribution < 1.29 is 18.8 Å². The molecule has 5 rings (SSSR count). The van der Waals surface area contributed by atoms with Crippen molar-refractivity contribution in [1.82, 2.24) is 9.80 Å². The fourth-order valence-electron chi connectivity index (χ4n) is 7.44. The Kier molecular flexibility index (Phi) is 3.66. The van der Waals surface area contributed by atoms with E-state index < -0.39 is 29.3 Å². The summed E-state index contributed by atoms with van der Waals surface area (Å²) in [7, 11) is 2.88. The lowest BCUT2D eigenvalue weighted by molar-refractivity contribution is -0.161. The summed E-state index contributed by atoms with van der Waals surface area (Å²) in [5.74, 6) is -1.24. The van der Waals surface area contributed by atoms with Gasteiger partial charge in [0.2, 0.25) is 11.8 Å². The van der Waals surface area contributed by atoms with Gasteiger partial charge in [-0.15, -0.1) is 0 Å². The van der Waals surface area contributed by atoms with E-state index in [-0.39, 0.29) is 29.1 Å². The van der Waals surface area contributed by atoms with Crippen molar-refractivity contribution in [2.45, 2.75) is 58.5 Å². The van der Waals surface area contributed by atoms with Gasteiger partial charge in [0.1, 0.15) is 5.82 Å². The number of fused-ring (bicyclic) bond motifs is 8. The summed E-state index contributed by atoms with van der Waals surface area (Å²) in [5.41, 5.74) is -0.571. The van der Waals surface area contributed by atoms with Crippen LogP contribution in [-0.4, -0.2) is 53.8 Å². The predicted molar refractivity (Wildman–Crippen MR) is 109 cm³/mol. The molecule has 6 nitrogen and oxygen atoms in total. The summed E-state index contributed by atoms with van der Waals surface area (Å²) in [4.78, 5) is 44.2. The van der Waals surface area contributed by atoms with Crippen molar-refractivity contribution in [1.29, 1.82) is 0 Å². The Bertz CT molecular complexity index is 981. The molecule has 0 radical (unpaired) electrons. The molecule has 4 amide bonds. The first kappa shape index (κ1) is 19.5. The molecule has 1 aromatic carbocycles. The van der Waals surface area contributed by atoms with Gasteiger partial charge in [0.15, 0.2) is 5.41 Å². The normalized spacial score (nSPS) is 33.8. The standard InChI is InChI=1S/C23H28FN3O3/c1-21(2)10-14-11-22(3,12-21)17-23(18(28)25(4)20(30)26(5)19(23)29)9-13-7-6-8-15(24)16(13)27(14)17/h6-8,14,17H,9-12H2,1-5H3/t14-,17-,22-/m0/s1. The molecule has 0 aromatic heterocycles. The monoisotopic (exact) mass is 413 g/mol. The van der Waals surface area contributed by atoms with Crippen LogP contribution in [0.3, 0.4) is 0 Å². The number of imide groups is 2. The Morgan fingerprint density at radius 1 is 1.00 bits per heavy atom. The number of halogens is 1. The van der Waals surface area contributed by atoms with Crippen molar-refractivity contribution in [2.24, 2.45) is 16.2 Å². The van der Waals surface area contributed by atoms with Crippen LogP contribution in [0.5, 0.6) is 0 Å². The molecule has 3 fully saturated rings. The van der Waals surface area contributed by atoms with Gasteiger partial charge < -0.3 is 4.90 Å². The highest BCUT2D eigenvalue weighted by Crippen LogP contribution is 2.64. The molecule has 7 heteroatoms. The van der Waals surface area contributed by atoms with E-state index >= 15 is 4.39 Å². The molecular weight excluding hydrogens is 385 g/mol. The fraction of sp³-hybridized carbons (Fsp3) is 0.609. The summed E-state index contributed by atoms with van der Waals surface area (Å²) in [6.45, 7) is 6.55. The number of carbonyl (C=O) groups excluding carboxylic acids is 3. The molecule has 1 aliphatic carbocycles. The van der Waals surface area contributed by atoms with E-state index in [2.05, 4.69) is 25.7 Å². The van der Waals surface area contributed by atoms with Crippen molar-refractivity contribution >= 4 is 23.5 Å². The average molecular weight is 413 g/mol. The summed E-state index contributed by atoms with van der Waals surface area (Å²) in [6, 6.07) is 3.84. The van der Waals surface area contributed by atoms with Crippen LogP contribution in [0.15, 0.2) is 18.2 Å². The maximum absolute atomic E-state index is 15.2. The lowest BCUT2D eigenvalue weighted by Gasteiger charge is -2.54. The number of hydrogen-bond acceptors (Lipinski definition) is 4. The summed E-state index contributed by atoms with van der Waals surface area (Å²) < 4.78 is 15.2. The van der Waals surface area contributed by atoms with Crippen molar-refractivity contribution in [3.63, 3.8) is 0 Å². The fourth-order valence-corrected chi connectivity index (χ4v) is 7.44. The lowest BCUT2D eigenvalue weighted by Crippen LogP contribution is -2.72. The summed E-state index contributed by atoms with van der Waals surface area (Å²) in [5, 5.41) is 0. The van der Waals surface area contributed by atoms with Crippen LogP contribution in [0.25, 0.3) is 0 Å². The molecule has 1 saturated carbocycles. The number of hydrogen-bond donors (Lipinski definition) is 0. The first-order chi connectivity index (χ1) is 13.9. The zero-order chi connectivity index (χ0) is 21.8. The van der Waals surface area contributed by atoms with Crippen LogP contribution in [0.2, 0.25) is 0 Å². The van der Waals surface area contributed by atoms with Gasteiger partial charge in [-0.25, -0.2) is 9.18 Å². The Hall–Kier alpha value is -2.44. The van der Waals surface area contributed by atoms with Gasteiger partial charge in [0, 0.05) is 20.1 Å². The highest BCUT2D eigenvalue weighted by Gasteiger charge is 2.72. The van der Waals surface area contributed by atoms with Gasteiger partial charge in [-0.3, -0.25) is 19.4 Å². The Morgan fingerprint density at radius 3 is 2.27 bits per heavy atom. The number of barbiturate groups is 1. The largest absolute Gasteiger partial charge is 0.361 e. The number of para-hydroxylation sites is 1. The average Bonchev–Trinajstić information content (AvgIpc) is 2.89. The molecule has 3 aliphatic heterocycles. The highest BCUT2D eigenvalue weighted by molar-refractivity contribution is 6.20. The number of amides is 4. The molecular formula is C23H28FN3O3. The number of carbonyl (C=O) groups is 3. The Morgan fingerprint density at radius 2 is 1.63 bits per heavy atom. The second-order valence-corrected chi connectivity index (χ2v) is 10.8. The number of urea groups is 1. The molecule has 0 unspecified atom stereocenters. The minimum atomic E-state index is -1.43. The summed E-state index contributed by atoms with van der Waals surface area (Å²) >= 11 is 0. The number of benzene rings is 1. The predicted octanol–water partition coefficient (Wildman–Crippen LogP) is 3.19. The van der Waals surface area contributed by atoms with Crippen LogP contribution in [0, 0.1) is 22.1 Å². The molecule has 1 spiro atoms. The molecule has 1 aromatic rings. The highest BCUT2D eigenvalue weighted by atomic mass is 19.1. The topological polar surface area (TPSA) is 60.9 Å². The Balaban J connectivity index is 1.81. The zero-order valence-electron chi connectivity index (χ0n) is 18.2. The molecule has 30 heavy (non-hydrogen) atoms. The molecule has 3 heterocycles. The minimum Gasteiger partial charge on any atom is -0.361 e. The second kappa shape index (κ2) is 5.62. The third-order valence-electron chi connectivity index (χ3n) is 7.92. The third-order valence-corrected chi connectivity index (χ3v) is 7.92. The van der Waals surface area contributed by atoms with Gasteiger partial charge >= 0.3 is 6.03 Å². The SMILES string of the molecule is CN1C(=O)N(C)C(=O)C2(Cc3cccc(F)c3N3[C@H]4CC(C)(C)C[C@](C)(C4)[C@H]32)C1=O. The maximum Gasteiger partial charge on any atom is 0.332 e. The van der Waals surface area contributed by atoms with E-state index in [4.69, 9.17) is 0 Å². The first-order valence-corrected chi connectivity index (χ1v) is 10.6. The van der Waals surface area contributed by atoms with E-state index in [1.807, 2.05) is 6.07 Å². The van der Waals surface area contributed by atoms with Gasteiger partial charge in [0.25, 0.3) is 0 Å². The second-order valence-electron chi connectivity index (χ2n) is 10.8. The first-order valence-electron chi connectivity index (χ1n) is 10.6. The minimum absolute atomic E-state index is 0.00992. The van der Waals surface area contributed by atoms with Crippen LogP contribution in [0.1, 0.15) is 45.6 Å². The van der Waals surface area contributed by atoms with Crippen molar-refractivity contribution in [3.05, 3.63) is 29.6 Å². The molecule has 160 valence electrons.